The van der Waals surface area contributed by atoms with E-state index in [0.717, 1.165) is 6.42 Å². The van der Waals surface area contributed by atoms with Gasteiger partial charge in [-0.05, 0) is 30.2 Å². The third kappa shape index (κ3) is 5.09. The van der Waals surface area contributed by atoms with Crippen molar-refractivity contribution in [3.8, 4) is 6.07 Å². The lowest BCUT2D eigenvalue weighted by atomic mass is 10.2. The minimum absolute atomic E-state index is 0.00359. The number of benzene rings is 2. The summed E-state index contributed by atoms with van der Waals surface area (Å²) >= 11 is 0. The maximum atomic E-state index is 11.7. The van der Waals surface area contributed by atoms with Gasteiger partial charge in [-0.1, -0.05) is 36.4 Å². The van der Waals surface area contributed by atoms with Crippen LogP contribution in [0.4, 0.5) is 5.69 Å². The fraction of sp³-hybridized carbons (Fsp3) is 0.176. The molecular weight excluding hydrogens is 264 g/mol. The Labute approximate surface area is 124 Å². The number of nitrogens with one attached hydrogen (secondary N) is 1. The highest BCUT2D eigenvalue weighted by molar-refractivity contribution is 5.91. The van der Waals surface area contributed by atoms with Crippen molar-refractivity contribution in [2.24, 2.45) is 0 Å². The molecular formula is C17H16N2O2. The predicted molar refractivity (Wildman–Crippen MR) is 80.8 cm³/mol. The molecule has 0 radical (unpaired) electrons. The summed E-state index contributed by atoms with van der Waals surface area (Å²) in [4.78, 5) is 11.7. The highest BCUT2D eigenvalue weighted by Crippen LogP contribution is 2.09. The molecule has 1 amide bonds. The van der Waals surface area contributed by atoms with Gasteiger partial charge in [0, 0.05) is 5.69 Å². The van der Waals surface area contributed by atoms with E-state index in [1.54, 1.807) is 24.3 Å². The summed E-state index contributed by atoms with van der Waals surface area (Å²) in [5, 5.41) is 11.5. The topological polar surface area (TPSA) is 62.1 Å². The second-order valence-electron chi connectivity index (χ2n) is 4.53. The van der Waals surface area contributed by atoms with Gasteiger partial charge in [0.15, 0.2) is 0 Å². The van der Waals surface area contributed by atoms with Gasteiger partial charge >= 0.3 is 0 Å². The Morgan fingerprint density at radius 1 is 1.14 bits per heavy atom. The Morgan fingerprint density at radius 2 is 1.95 bits per heavy atom. The quantitative estimate of drug-likeness (QED) is 0.828. The van der Waals surface area contributed by atoms with E-state index in [-0.39, 0.29) is 12.5 Å². The molecule has 0 saturated carbocycles. The first-order valence-corrected chi connectivity index (χ1v) is 6.69. The predicted octanol–water partition coefficient (Wildman–Crippen LogP) is 2.76. The van der Waals surface area contributed by atoms with Crippen LogP contribution in [0.1, 0.15) is 11.1 Å². The summed E-state index contributed by atoms with van der Waals surface area (Å²) < 4.78 is 5.35. The number of hydrogen-bond donors (Lipinski definition) is 1. The third-order valence-electron chi connectivity index (χ3n) is 2.89. The molecule has 2 aromatic carbocycles. The number of anilines is 1. The molecule has 21 heavy (non-hydrogen) atoms. The first kappa shape index (κ1) is 14.8. The minimum Gasteiger partial charge on any atom is -0.371 e. The van der Waals surface area contributed by atoms with Crippen LogP contribution in [0.5, 0.6) is 0 Å². The van der Waals surface area contributed by atoms with Crippen molar-refractivity contribution in [3.05, 3.63) is 65.7 Å². The Balaban J connectivity index is 1.71. The molecule has 1 N–H and O–H groups in total. The maximum absolute atomic E-state index is 11.7. The van der Waals surface area contributed by atoms with Crippen molar-refractivity contribution in [2.45, 2.75) is 6.42 Å². The largest absolute Gasteiger partial charge is 0.371 e. The molecule has 4 heteroatoms. The Hall–Kier alpha value is -2.64. The molecule has 0 fully saturated rings. The molecule has 0 unspecified atom stereocenters. The number of nitriles is 1. The molecule has 0 aliphatic carbocycles. The van der Waals surface area contributed by atoms with Gasteiger partial charge in [-0.15, -0.1) is 0 Å². The van der Waals surface area contributed by atoms with Crippen LogP contribution in [-0.2, 0) is 16.0 Å². The van der Waals surface area contributed by atoms with Crippen LogP contribution in [0, 0.1) is 11.3 Å². The van der Waals surface area contributed by atoms with Gasteiger partial charge in [-0.3, -0.25) is 4.79 Å². The van der Waals surface area contributed by atoms with Crippen molar-refractivity contribution in [1.82, 2.24) is 0 Å². The van der Waals surface area contributed by atoms with Gasteiger partial charge in [-0.2, -0.15) is 5.26 Å². The van der Waals surface area contributed by atoms with Crippen molar-refractivity contribution in [3.63, 3.8) is 0 Å². The van der Waals surface area contributed by atoms with E-state index >= 15 is 0 Å². The fourth-order valence-corrected chi connectivity index (χ4v) is 1.86. The minimum atomic E-state index is -0.224. The standard InChI is InChI=1S/C17H16N2O2/c18-12-15-7-4-8-16(11-15)19-17(20)13-21-10-9-14-5-2-1-3-6-14/h1-8,11H,9-10,13H2,(H,19,20). The molecule has 0 aromatic heterocycles. The normalized spacial score (nSPS) is 9.86. The van der Waals surface area contributed by atoms with E-state index in [9.17, 15) is 4.79 Å². The van der Waals surface area contributed by atoms with E-state index in [4.69, 9.17) is 10.00 Å². The lowest BCUT2D eigenvalue weighted by Crippen LogP contribution is -2.19. The van der Waals surface area contributed by atoms with Crippen LogP contribution >= 0.6 is 0 Å². The molecule has 0 aliphatic rings. The van der Waals surface area contributed by atoms with E-state index in [1.165, 1.54) is 5.56 Å². The molecule has 0 saturated heterocycles. The molecule has 0 heterocycles. The van der Waals surface area contributed by atoms with Crippen molar-refractivity contribution in [1.29, 1.82) is 5.26 Å². The van der Waals surface area contributed by atoms with Crippen LogP contribution in [0.2, 0.25) is 0 Å². The van der Waals surface area contributed by atoms with Crippen LogP contribution in [0.3, 0.4) is 0 Å². The van der Waals surface area contributed by atoms with Gasteiger partial charge in [0.05, 0.1) is 18.2 Å². The van der Waals surface area contributed by atoms with Crippen LogP contribution < -0.4 is 5.32 Å². The summed E-state index contributed by atoms with van der Waals surface area (Å²) in [5.74, 6) is -0.224. The van der Waals surface area contributed by atoms with E-state index in [2.05, 4.69) is 5.32 Å². The van der Waals surface area contributed by atoms with E-state index in [0.29, 0.717) is 17.9 Å². The number of hydrogen-bond acceptors (Lipinski definition) is 3. The summed E-state index contributed by atoms with van der Waals surface area (Å²) in [6.07, 6.45) is 0.776. The maximum Gasteiger partial charge on any atom is 0.250 e. The first-order chi connectivity index (χ1) is 10.3. The Bertz CT molecular complexity index is 633. The number of carbonyl (C=O) groups excluding carboxylic acids is 1. The lowest BCUT2D eigenvalue weighted by molar-refractivity contribution is -0.120. The van der Waals surface area contributed by atoms with Crippen LogP contribution in [0.25, 0.3) is 0 Å². The molecule has 4 nitrogen and oxygen atoms in total. The summed E-state index contributed by atoms with van der Waals surface area (Å²) in [7, 11) is 0. The van der Waals surface area contributed by atoms with E-state index in [1.807, 2.05) is 36.4 Å². The number of amides is 1. The molecule has 0 spiro atoms. The molecule has 106 valence electrons. The average molecular weight is 280 g/mol. The number of ether oxygens (including phenoxy) is 1. The highest BCUT2D eigenvalue weighted by atomic mass is 16.5. The second kappa shape index (κ2) is 7.83. The zero-order valence-electron chi connectivity index (χ0n) is 11.6. The van der Waals surface area contributed by atoms with Crippen molar-refractivity contribution >= 4 is 11.6 Å². The smallest absolute Gasteiger partial charge is 0.250 e. The third-order valence-corrected chi connectivity index (χ3v) is 2.89. The second-order valence-corrected chi connectivity index (χ2v) is 4.53. The Kier molecular flexibility index (Phi) is 5.50. The van der Waals surface area contributed by atoms with Crippen LogP contribution in [-0.4, -0.2) is 19.1 Å². The number of nitrogens with zero attached hydrogens (tertiary/aromatic N) is 1. The first-order valence-electron chi connectivity index (χ1n) is 6.69. The monoisotopic (exact) mass is 280 g/mol. The molecule has 2 aromatic rings. The SMILES string of the molecule is N#Cc1cccc(NC(=O)COCCc2ccccc2)c1. The van der Waals surface area contributed by atoms with Gasteiger partial charge in [-0.25, -0.2) is 0 Å². The average Bonchev–Trinajstić information content (AvgIpc) is 2.53. The summed E-state index contributed by atoms with van der Waals surface area (Å²) in [6, 6.07) is 18.8. The fourth-order valence-electron chi connectivity index (χ4n) is 1.86. The highest BCUT2D eigenvalue weighted by Gasteiger charge is 2.03. The van der Waals surface area contributed by atoms with Gasteiger partial charge in [0.25, 0.3) is 0 Å². The molecule has 0 atom stereocenters. The zero-order valence-corrected chi connectivity index (χ0v) is 11.6. The molecule has 2 rings (SSSR count). The molecule has 0 bridgehead atoms. The van der Waals surface area contributed by atoms with Crippen LogP contribution in [0.15, 0.2) is 54.6 Å². The zero-order chi connectivity index (χ0) is 14.9. The summed E-state index contributed by atoms with van der Waals surface area (Å²) in [6.45, 7) is 0.499. The van der Waals surface area contributed by atoms with Gasteiger partial charge in [0.2, 0.25) is 5.91 Å². The van der Waals surface area contributed by atoms with Crippen molar-refractivity contribution < 1.29 is 9.53 Å². The number of rotatable bonds is 6. The Morgan fingerprint density at radius 3 is 2.71 bits per heavy atom. The van der Waals surface area contributed by atoms with Gasteiger partial charge < -0.3 is 10.1 Å². The molecule has 0 aliphatic heterocycles. The van der Waals surface area contributed by atoms with E-state index < -0.39 is 0 Å². The number of carbonyl (C=O) groups is 1. The van der Waals surface area contributed by atoms with Crippen molar-refractivity contribution in [2.75, 3.05) is 18.5 Å². The lowest BCUT2D eigenvalue weighted by Gasteiger charge is -2.06. The summed E-state index contributed by atoms with van der Waals surface area (Å²) in [5.41, 5.74) is 2.29. The van der Waals surface area contributed by atoms with Gasteiger partial charge in [0.1, 0.15) is 6.61 Å².